The van der Waals surface area contributed by atoms with Gasteiger partial charge in [-0.05, 0) is 28.7 Å². The van der Waals surface area contributed by atoms with Crippen molar-refractivity contribution in [2.24, 2.45) is 0 Å². The third-order valence-corrected chi connectivity index (χ3v) is 3.84. The summed E-state index contributed by atoms with van der Waals surface area (Å²) in [5.41, 5.74) is 4.81. The van der Waals surface area contributed by atoms with E-state index in [4.69, 9.17) is 5.11 Å². The monoisotopic (exact) mass is 279 g/mol. The van der Waals surface area contributed by atoms with E-state index < -0.39 is 6.09 Å². The molecule has 0 spiro atoms. The summed E-state index contributed by atoms with van der Waals surface area (Å²) in [6.07, 6.45) is 1.94. The fourth-order valence-electron chi connectivity index (χ4n) is 2.61. The molecule has 0 radical (unpaired) electrons. The van der Waals surface area contributed by atoms with Crippen LogP contribution in [0, 0.1) is 0 Å². The average Bonchev–Trinajstić information content (AvgIpc) is 2.56. The van der Waals surface area contributed by atoms with E-state index in [0.29, 0.717) is 13.1 Å². The highest BCUT2D eigenvalue weighted by molar-refractivity contribution is 5.73. The number of hydrogen-bond acceptors (Lipinski definition) is 1. The average molecular weight is 279 g/mol. The standard InChI is InChI=1S/C18H17NO2/c20-18(21)19-12-10-17(11-13-19)16-8-6-15(7-9-16)14-4-2-1-3-5-14/h1-10H,11-13H2,(H,20,21). The van der Waals surface area contributed by atoms with Crippen LogP contribution in [-0.4, -0.2) is 29.2 Å². The molecule has 0 atom stereocenters. The molecule has 21 heavy (non-hydrogen) atoms. The fraction of sp³-hybridized carbons (Fsp3) is 0.167. The van der Waals surface area contributed by atoms with E-state index in [-0.39, 0.29) is 0 Å². The smallest absolute Gasteiger partial charge is 0.407 e. The summed E-state index contributed by atoms with van der Waals surface area (Å²) < 4.78 is 0. The van der Waals surface area contributed by atoms with E-state index in [1.54, 1.807) is 0 Å². The molecule has 0 bridgehead atoms. The third-order valence-electron chi connectivity index (χ3n) is 3.84. The van der Waals surface area contributed by atoms with Gasteiger partial charge in [0.2, 0.25) is 0 Å². The lowest BCUT2D eigenvalue weighted by molar-refractivity contribution is 0.150. The molecule has 0 fully saturated rings. The molecule has 0 saturated heterocycles. The molecule has 1 aliphatic rings. The fourth-order valence-corrected chi connectivity index (χ4v) is 2.61. The van der Waals surface area contributed by atoms with Crippen molar-refractivity contribution >= 4 is 11.7 Å². The molecule has 106 valence electrons. The van der Waals surface area contributed by atoms with Gasteiger partial charge in [0.1, 0.15) is 0 Å². The van der Waals surface area contributed by atoms with Crippen molar-refractivity contribution in [1.82, 2.24) is 4.90 Å². The largest absolute Gasteiger partial charge is 0.465 e. The zero-order valence-corrected chi connectivity index (χ0v) is 11.7. The summed E-state index contributed by atoms with van der Waals surface area (Å²) in [6.45, 7) is 1.05. The predicted molar refractivity (Wildman–Crippen MR) is 84.1 cm³/mol. The SMILES string of the molecule is O=C(O)N1CC=C(c2ccc(-c3ccccc3)cc2)CC1. The maximum atomic E-state index is 10.9. The first-order valence-electron chi connectivity index (χ1n) is 7.07. The normalized spacial score (nSPS) is 14.7. The molecule has 3 rings (SSSR count). The molecule has 0 aliphatic carbocycles. The number of amides is 1. The predicted octanol–water partition coefficient (Wildman–Crippen LogP) is 4.12. The lowest BCUT2D eigenvalue weighted by atomic mass is 9.97. The Labute approximate surface area is 124 Å². The maximum absolute atomic E-state index is 10.9. The first kappa shape index (κ1) is 13.4. The van der Waals surface area contributed by atoms with Crippen LogP contribution in [0.4, 0.5) is 4.79 Å². The Balaban J connectivity index is 1.78. The van der Waals surface area contributed by atoms with Gasteiger partial charge < -0.3 is 10.0 Å². The quantitative estimate of drug-likeness (QED) is 0.898. The lowest BCUT2D eigenvalue weighted by Gasteiger charge is -2.23. The number of carboxylic acid groups (broad SMARTS) is 1. The first-order valence-corrected chi connectivity index (χ1v) is 7.07. The Kier molecular flexibility index (Phi) is 3.73. The zero-order valence-electron chi connectivity index (χ0n) is 11.7. The summed E-state index contributed by atoms with van der Waals surface area (Å²) in [7, 11) is 0. The Morgan fingerprint density at radius 1 is 0.905 bits per heavy atom. The summed E-state index contributed by atoms with van der Waals surface area (Å²) in [6, 6.07) is 18.7. The number of nitrogens with zero attached hydrogens (tertiary/aromatic N) is 1. The van der Waals surface area contributed by atoms with Gasteiger partial charge in [-0.15, -0.1) is 0 Å². The Morgan fingerprint density at radius 2 is 1.52 bits per heavy atom. The van der Waals surface area contributed by atoms with Crippen LogP contribution in [0.3, 0.4) is 0 Å². The van der Waals surface area contributed by atoms with Gasteiger partial charge in [-0.1, -0.05) is 60.7 Å². The number of rotatable bonds is 2. The maximum Gasteiger partial charge on any atom is 0.407 e. The first-order chi connectivity index (χ1) is 10.2. The Bertz CT molecular complexity index is 659. The molecule has 1 heterocycles. The van der Waals surface area contributed by atoms with E-state index in [2.05, 4.69) is 36.4 Å². The van der Waals surface area contributed by atoms with Crippen LogP contribution in [-0.2, 0) is 0 Å². The lowest BCUT2D eigenvalue weighted by Crippen LogP contribution is -2.33. The van der Waals surface area contributed by atoms with Crippen LogP contribution >= 0.6 is 0 Å². The minimum Gasteiger partial charge on any atom is -0.465 e. The highest BCUT2D eigenvalue weighted by atomic mass is 16.4. The van der Waals surface area contributed by atoms with Gasteiger partial charge >= 0.3 is 6.09 Å². The molecule has 2 aromatic carbocycles. The Hall–Kier alpha value is -2.55. The van der Waals surface area contributed by atoms with Crippen molar-refractivity contribution in [3.05, 3.63) is 66.2 Å². The highest BCUT2D eigenvalue weighted by Gasteiger charge is 2.16. The van der Waals surface area contributed by atoms with E-state index in [9.17, 15) is 4.79 Å². The van der Waals surface area contributed by atoms with Crippen molar-refractivity contribution < 1.29 is 9.90 Å². The topological polar surface area (TPSA) is 40.5 Å². The molecule has 1 aliphatic heterocycles. The van der Waals surface area contributed by atoms with Crippen molar-refractivity contribution in [3.63, 3.8) is 0 Å². The van der Waals surface area contributed by atoms with Crippen molar-refractivity contribution in [2.45, 2.75) is 6.42 Å². The number of benzene rings is 2. The second kappa shape index (κ2) is 5.83. The zero-order chi connectivity index (χ0) is 14.7. The van der Waals surface area contributed by atoms with Gasteiger partial charge in [0.25, 0.3) is 0 Å². The Morgan fingerprint density at radius 3 is 2.10 bits per heavy atom. The van der Waals surface area contributed by atoms with E-state index in [0.717, 1.165) is 6.42 Å². The van der Waals surface area contributed by atoms with Crippen molar-refractivity contribution in [1.29, 1.82) is 0 Å². The second-order valence-electron chi connectivity index (χ2n) is 5.15. The molecule has 2 aromatic rings. The number of carbonyl (C=O) groups is 1. The highest BCUT2D eigenvalue weighted by Crippen LogP contribution is 2.25. The van der Waals surface area contributed by atoms with E-state index >= 15 is 0 Å². The van der Waals surface area contributed by atoms with Gasteiger partial charge in [0, 0.05) is 13.1 Å². The van der Waals surface area contributed by atoms with Crippen LogP contribution in [0.5, 0.6) is 0 Å². The minimum absolute atomic E-state index is 0.477. The van der Waals surface area contributed by atoms with Crippen LogP contribution < -0.4 is 0 Å². The molecule has 3 nitrogen and oxygen atoms in total. The summed E-state index contributed by atoms with van der Waals surface area (Å²) in [5, 5.41) is 8.95. The van der Waals surface area contributed by atoms with E-state index in [1.807, 2.05) is 24.3 Å². The summed E-state index contributed by atoms with van der Waals surface area (Å²) in [5.74, 6) is 0. The van der Waals surface area contributed by atoms with Gasteiger partial charge in [-0.2, -0.15) is 0 Å². The van der Waals surface area contributed by atoms with Crippen molar-refractivity contribution in [3.8, 4) is 11.1 Å². The van der Waals surface area contributed by atoms with E-state index in [1.165, 1.54) is 27.2 Å². The second-order valence-corrected chi connectivity index (χ2v) is 5.15. The molecule has 1 amide bonds. The molecular formula is C18H17NO2. The summed E-state index contributed by atoms with van der Waals surface area (Å²) >= 11 is 0. The molecule has 0 unspecified atom stereocenters. The van der Waals surface area contributed by atoms with Gasteiger partial charge in [0.15, 0.2) is 0 Å². The summed E-state index contributed by atoms with van der Waals surface area (Å²) in [4.78, 5) is 12.3. The molecule has 0 aromatic heterocycles. The van der Waals surface area contributed by atoms with Gasteiger partial charge in [0.05, 0.1) is 0 Å². The van der Waals surface area contributed by atoms with Crippen molar-refractivity contribution in [2.75, 3.05) is 13.1 Å². The van der Waals surface area contributed by atoms with Crippen LogP contribution in [0.15, 0.2) is 60.7 Å². The van der Waals surface area contributed by atoms with Crippen LogP contribution in [0.2, 0.25) is 0 Å². The van der Waals surface area contributed by atoms with Gasteiger partial charge in [-0.3, -0.25) is 0 Å². The van der Waals surface area contributed by atoms with Gasteiger partial charge in [-0.25, -0.2) is 4.79 Å². The molecule has 3 heteroatoms. The van der Waals surface area contributed by atoms with Crippen LogP contribution in [0.25, 0.3) is 16.7 Å². The molecule has 1 N–H and O–H groups in total. The molecular weight excluding hydrogens is 262 g/mol. The minimum atomic E-state index is -0.843. The third kappa shape index (κ3) is 2.97. The van der Waals surface area contributed by atoms with Crippen LogP contribution in [0.1, 0.15) is 12.0 Å². The number of hydrogen-bond donors (Lipinski definition) is 1. The molecule has 0 saturated carbocycles.